The Bertz CT molecular complexity index is 704. The van der Waals surface area contributed by atoms with Crippen molar-refractivity contribution in [1.29, 1.82) is 0 Å². The highest BCUT2D eigenvalue weighted by Gasteiger charge is 2.26. The van der Waals surface area contributed by atoms with Crippen LogP contribution in [-0.4, -0.2) is 26.1 Å². The minimum absolute atomic E-state index is 0.0814. The molecule has 3 nitrogen and oxygen atoms in total. The number of ether oxygens (including phenoxy) is 1. The molecule has 124 valence electrons. The maximum absolute atomic E-state index is 13.8. The highest BCUT2D eigenvalue weighted by Crippen LogP contribution is 2.41. The third-order valence-electron chi connectivity index (χ3n) is 4.16. The number of benzene rings is 2. The fraction of sp³-hybridized carbons (Fsp3) is 0.368. The van der Waals surface area contributed by atoms with Crippen LogP contribution in [0.1, 0.15) is 35.4 Å². The fourth-order valence-corrected chi connectivity index (χ4v) is 2.73. The van der Waals surface area contributed by atoms with Crippen LogP contribution in [0.15, 0.2) is 36.4 Å². The first-order valence-electron chi connectivity index (χ1n) is 8.28. The van der Waals surface area contributed by atoms with E-state index in [0.29, 0.717) is 31.1 Å². The Morgan fingerprint density at radius 2 is 2.04 bits per heavy atom. The van der Waals surface area contributed by atoms with Crippen LogP contribution in [0.25, 0.3) is 0 Å². The van der Waals surface area contributed by atoms with Gasteiger partial charge in [0.25, 0.3) is 0 Å². The van der Waals surface area contributed by atoms with E-state index in [0.717, 1.165) is 35.3 Å². The topological polar surface area (TPSA) is 41.5 Å². The first kappa shape index (κ1) is 17.0. The number of nitrogens with one attached hydrogen (secondary N) is 1. The van der Waals surface area contributed by atoms with Crippen molar-refractivity contribution >= 4 is 13.3 Å². The van der Waals surface area contributed by atoms with Gasteiger partial charge in [0, 0.05) is 18.7 Å². The molecule has 24 heavy (non-hydrogen) atoms. The van der Waals surface area contributed by atoms with Crippen molar-refractivity contribution in [3.8, 4) is 5.75 Å². The third-order valence-corrected chi connectivity index (χ3v) is 4.16. The SMILES string of the molecule is [B]c1ccc(OCc2ccc(F)c(C3CC3)c2)c(CNCCO)c1. The lowest BCUT2D eigenvalue weighted by Gasteiger charge is -2.14. The van der Waals surface area contributed by atoms with E-state index < -0.39 is 0 Å². The molecule has 1 aliphatic rings. The van der Waals surface area contributed by atoms with Crippen LogP contribution in [0.4, 0.5) is 4.39 Å². The lowest BCUT2D eigenvalue weighted by Crippen LogP contribution is -2.19. The Balaban J connectivity index is 1.68. The van der Waals surface area contributed by atoms with Crippen molar-refractivity contribution in [3.63, 3.8) is 0 Å². The van der Waals surface area contributed by atoms with Crippen LogP contribution in [0.2, 0.25) is 0 Å². The van der Waals surface area contributed by atoms with E-state index in [4.69, 9.17) is 17.7 Å². The quantitative estimate of drug-likeness (QED) is 0.577. The average Bonchev–Trinajstić information content (AvgIpc) is 3.40. The molecule has 1 aliphatic carbocycles. The van der Waals surface area contributed by atoms with Gasteiger partial charge in [-0.05, 0) is 48.1 Å². The highest BCUT2D eigenvalue weighted by molar-refractivity contribution is 6.32. The zero-order valence-corrected chi connectivity index (χ0v) is 13.6. The second-order valence-electron chi connectivity index (χ2n) is 6.19. The summed E-state index contributed by atoms with van der Waals surface area (Å²) in [5, 5.41) is 12.0. The summed E-state index contributed by atoms with van der Waals surface area (Å²) < 4.78 is 19.7. The summed E-state index contributed by atoms with van der Waals surface area (Å²) in [5.41, 5.74) is 3.37. The normalized spacial score (nSPS) is 13.9. The van der Waals surface area contributed by atoms with Gasteiger partial charge in [0.1, 0.15) is 26.0 Å². The zero-order chi connectivity index (χ0) is 16.9. The monoisotopic (exact) mass is 325 g/mol. The van der Waals surface area contributed by atoms with Gasteiger partial charge in [-0.15, -0.1) is 0 Å². The van der Waals surface area contributed by atoms with Crippen molar-refractivity contribution in [3.05, 3.63) is 58.9 Å². The largest absolute Gasteiger partial charge is 0.489 e. The Morgan fingerprint density at radius 1 is 1.21 bits per heavy atom. The molecule has 2 N–H and O–H groups in total. The standard InChI is InChI=1S/C19H21BFNO2/c20-16-4-6-19(15(10-16)11-22-7-8-23)24-12-13-1-5-18(21)17(9-13)14-2-3-14/h1,4-6,9-10,14,22-23H,2-3,7-8,11-12H2. The molecule has 0 spiro atoms. The summed E-state index contributed by atoms with van der Waals surface area (Å²) in [7, 11) is 5.84. The van der Waals surface area contributed by atoms with E-state index in [1.54, 1.807) is 12.1 Å². The van der Waals surface area contributed by atoms with Gasteiger partial charge in [-0.25, -0.2) is 4.39 Å². The van der Waals surface area contributed by atoms with Gasteiger partial charge in [0.2, 0.25) is 0 Å². The van der Waals surface area contributed by atoms with Gasteiger partial charge in [-0.1, -0.05) is 23.7 Å². The maximum Gasteiger partial charge on any atom is 0.126 e. The van der Waals surface area contributed by atoms with E-state index in [1.807, 2.05) is 18.2 Å². The fourth-order valence-electron chi connectivity index (χ4n) is 2.73. The Morgan fingerprint density at radius 3 is 2.79 bits per heavy atom. The molecule has 2 radical (unpaired) electrons. The van der Waals surface area contributed by atoms with Gasteiger partial charge >= 0.3 is 0 Å². The smallest absolute Gasteiger partial charge is 0.126 e. The molecule has 0 bridgehead atoms. The van der Waals surface area contributed by atoms with Gasteiger partial charge < -0.3 is 15.2 Å². The number of hydrogen-bond donors (Lipinski definition) is 2. The summed E-state index contributed by atoms with van der Waals surface area (Å²) in [6.07, 6.45) is 2.14. The van der Waals surface area contributed by atoms with E-state index in [1.165, 1.54) is 6.07 Å². The van der Waals surface area contributed by atoms with Crippen molar-refractivity contribution < 1.29 is 14.2 Å². The molecule has 3 rings (SSSR count). The lowest BCUT2D eigenvalue weighted by atomic mass is 9.94. The molecule has 0 unspecified atom stereocenters. The van der Waals surface area contributed by atoms with Crippen LogP contribution in [0.5, 0.6) is 5.75 Å². The molecule has 1 fully saturated rings. The number of aliphatic hydroxyl groups is 1. The van der Waals surface area contributed by atoms with E-state index in [-0.39, 0.29) is 12.4 Å². The molecule has 0 aliphatic heterocycles. The van der Waals surface area contributed by atoms with Crippen LogP contribution in [-0.2, 0) is 13.2 Å². The highest BCUT2D eigenvalue weighted by atomic mass is 19.1. The summed E-state index contributed by atoms with van der Waals surface area (Å²) in [4.78, 5) is 0. The van der Waals surface area contributed by atoms with E-state index in [2.05, 4.69) is 5.32 Å². The number of hydrogen-bond acceptors (Lipinski definition) is 3. The predicted molar refractivity (Wildman–Crippen MR) is 93.3 cm³/mol. The summed E-state index contributed by atoms with van der Waals surface area (Å²) in [6, 6.07) is 10.7. The van der Waals surface area contributed by atoms with Gasteiger partial charge in [0.15, 0.2) is 0 Å². The van der Waals surface area contributed by atoms with Gasteiger partial charge in [0.05, 0.1) is 6.61 Å². The third kappa shape index (κ3) is 4.37. The molecule has 0 aromatic heterocycles. The van der Waals surface area contributed by atoms with Crippen molar-refractivity contribution in [2.45, 2.75) is 31.9 Å². The molecule has 2 aromatic carbocycles. The molecular formula is C19H21BFNO2. The second kappa shape index (κ2) is 7.82. The maximum atomic E-state index is 13.8. The van der Waals surface area contributed by atoms with Crippen LogP contribution >= 0.6 is 0 Å². The summed E-state index contributed by atoms with van der Waals surface area (Å²) >= 11 is 0. The number of halogens is 1. The van der Waals surface area contributed by atoms with E-state index >= 15 is 0 Å². The lowest BCUT2D eigenvalue weighted by molar-refractivity contribution is 0.288. The van der Waals surface area contributed by atoms with Gasteiger partial charge in [-0.2, -0.15) is 0 Å². The van der Waals surface area contributed by atoms with Gasteiger partial charge in [-0.3, -0.25) is 0 Å². The van der Waals surface area contributed by atoms with Crippen molar-refractivity contribution in [2.24, 2.45) is 0 Å². The molecule has 0 amide bonds. The molecule has 2 aromatic rings. The molecule has 0 saturated heterocycles. The molecule has 0 atom stereocenters. The average molecular weight is 325 g/mol. The first-order chi connectivity index (χ1) is 11.7. The van der Waals surface area contributed by atoms with Crippen LogP contribution in [0.3, 0.4) is 0 Å². The predicted octanol–water partition coefficient (Wildman–Crippen LogP) is 2.16. The van der Waals surface area contributed by atoms with Crippen molar-refractivity contribution in [2.75, 3.05) is 13.2 Å². The minimum atomic E-state index is -0.123. The minimum Gasteiger partial charge on any atom is -0.489 e. The first-order valence-corrected chi connectivity index (χ1v) is 8.28. The summed E-state index contributed by atoms with van der Waals surface area (Å²) in [6.45, 7) is 1.55. The molecule has 5 heteroatoms. The second-order valence-corrected chi connectivity index (χ2v) is 6.19. The number of aliphatic hydroxyl groups excluding tert-OH is 1. The van der Waals surface area contributed by atoms with Crippen LogP contribution in [0, 0.1) is 5.82 Å². The Labute approximate surface area is 143 Å². The Hall–Kier alpha value is -1.85. The molecule has 0 heterocycles. The molecular weight excluding hydrogens is 304 g/mol. The molecule has 1 saturated carbocycles. The van der Waals surface area contributed by atoms with E-state index in [9.17, 15) is 4.39 Å². The number of rotatable bonds is 8. The van der Waals surface area contributed by atoms with Crippen LogP contribution < -0.4 is 15.5 Å². The van der Waals surface area contributed by atoms with Crippen molar-refractivity contribution in [1.82, 2.24) is 5.32 Å². The zero-order valence-electron chi connectivity index (χ0n) is 13.6. The summed E-state index contributed by atoms with van der Waals surface area (Å²) in [5.74, 6) is 0.995. The Kier molecular flexibility index (Phi) is 5.54.